The van der Waals surface area contributed by atoms with Gasteiger partial charge >= 0.3 is 0 Å². The summed E-state index contributed by atoms with van der Waals surface area (Å²) >= 11 is 3.06. The Labute approximate surface area is 109 Å². The van der Waals surface area contributed by atoms with Gasteiger partial charge in [-0.25, -0.2) is 17.8 Å². The second kappa shape index (κ2) is 5.89. The van der Waals surface area contributed by atoms with E-state index in [9.17, 15) is 8.42 Å². The highest BCUT2D eigenvalue weighted by molar-refractivity contribution is 9.10. The van der Waals surface area contributed by atoms with Crippen molar-refractivity contribution in [2.24, 2.45) is 7.05 Å². The number of nitrogens with zero attached hydrogens (tertiary/aromatic N) is 3. The van der Waals surface area contributed by atoms with Gasteiger partial charge in [-0.2, -0.15) is 0 Å². The Balaban J connectivity index is 2.64. The summed E-state index contributed by atoms with van der Waals surface area (Å²) in [6.07, 6.45) is 0. The molecule has 0 unspecified atom stereocenters. The summed E-state index contributed by atoms with van der Waals surface area (Å²) in [5.74, 6) is 0. The van der Waals surface area contributed by atoms with E-state index >= 15 is 0 Å². The molecule has 0 aliphatic carbocycles. The maximum atomic E-state index is 11.9. The molecule has 7 nitrogen and oxygen atoms in total. The van der Waals surface area contributed by atoms with E-state index < -0.39 is 10.0 Å². The first-order valence-corrected chi connectivity index (χ1v) is 7.40. The summed E-state index contributed by atoms with van der Waals surface area (Å²) in [7, 11) is -2.05. The van der Waals surface area contributed by atoms with Gasteiger partial charge in [0, 0.05) is 26.2 Å². The van der Waals surface area contributed by atoms with Gasteiger partial charge in [-0.05, 0) is 15.9 Å². The predicted molar refractivity (Wildman–Crippen MR) is 67.0 cm³/mol. The topological polar surface area (TPSA) is 88.9 Å². The van der Waals surface area contributed by atoms with E-state index in [2.05, 4.69) is 36.3 Å². The lowest BCUT2D eigenvalue weighted by atomic mass is 10.4. The number of aryl methyl sites for hydroxylation is 1. The minimum absolute atomic E-state index is 0.0297. The Morgan fingerprint density at radius 1 is 1.41 bits per heavy atom. The molecule has 1 rings (SSSR count). The van der Waals surface area contributed by atoms with Gasteiger partial charge in [0.2, 0.25) is 5.03 Å². The number of nitrogens with one attached hydrogen (secondary N) is 2. The Hall–Kier alpha value is -0.510. The zero-order valence-electron chi connectivity index (χ0n) is 9.94. The predicted octanol–water partition coefficient (Wildman–Crippen LogP) is -0.146. The van der Waals surface area contributed by atoms with E-state index in [1.807, 2.05) is 13.8 Å². The van der Waals surface area contributed by atoms with E-state index in [4.69, 9.17) is 0 Å². The van der Waals surface area contributed by atoms with E-state index in [-0.39, 0.29) is 9.63 Å². The number of aromatic nitrogens is 3. The molecule has 0 bridgehead atoms. The fourth-order valence-electron chi connectivity index (χ4n) is 1.22. The fourth-order valence-corrected chi connectivity index (χ4v) is 3.34. The van der Waals surface area contributed by atoms with Crippen molar-refractivity contribution < 1.29 is 8.42 Å². The number of rotatable bonds is 6. The van der Waals surface area contributed by atoms with E-state index in [1.54, 1.807) is 0 Å². The van der Waals surface area contributed by atoms with Crippen LogP contribution in [0.3, 0.4) is 0 Å². The SMILES string of the molecule is CC(C)NCCNS(=O)(=O)c1c(Br)nnn1C. The van der Waals surface area contributed by atoms with Crippen LogP contribution >= 0.6 is 15.9 Å². The Morgan fingerprint density at radius 3 is 2.53 bits per heavy atom. The quantitative estimate of drug-likeness (QED) is 0.710. The van der Waals surface area contributed by atoms with Gasteiger partial charge in [0.1, 0.15) is 0 Å². The van der Waals surface area contributed by atoms with Crippen LogP contribution in [0.25, 0.3) is 0 Å². The van der Waals surface area contributed by atoms with Crippen LogP contribution in [0.15, 0.2) is 9.63 Å². The van der Waals surface area contributed by atoms with Gasteiger partial charge in [-0.15, -0.1) is 5.10 Å². The molecule has 0 saturated heterocycles. The minimum Gasteiger partial charge on any atom is -0.313 e. The molecule has 9 heteroatoms. The summed E-state index contributed by atoms with van der Waals surface area (Å²) in [6, 6.07) is 0.324. The third-order valence-electron chi connectivity index (χ3n) is 1.96. The summed E-state index contributed by atoms with van der Waals surface area (Å²) in [4.78, 5) is 0. The monoisotopic (exact) mass is 325 g/mol. The Kier molecular flexibility index (Phi) is 5.04. The van der Waals surface area contributed by atoms with Crippen LogP contribution in [-0.2, 0) is 17.1 Å². The van der Waals surface area contributed by atoms with Crippen LogP contribution in [0.4, 0.5) is 0 Å². The summed E-state index contributed by atoms with van der Waals surface area (Å²) in [6.45, 7) is 4.88. The average molecular weight is 326 g/mol. The van der Waals surface area contributed by atoms with E-state index in [0.29, 0.717) is 19.1 Å². The summed E-state index contributed by atoms with van der Waals surface area (Å²) in [5, 5.41) is 10.4. The molecular weight excluding hydrogens is 310 g/mol. The number of sulfonamides is 1. The van der Waals surface area contributed by atoms with Crippen molar-refractivity contribution in [1.82, 2.24) is 25.0 Å². The lowest BCUT2D eigenvalue weighted by Gasteiger charge is -2.09. The van der Waals surface area contributed by atoms with E-state index in [1.165, 1.54) is 11.7 Å². The first-order valence-electron chi connectivity index (χ1n) is 5.13. The molecule has 0 aliphatic heterocycles. The van der Waals surface area contributed by atoms with Crippen LogP contribution in [0.2, 0.25) is 0 Å². The fraction of sp³-hybridized carbons (Fsp3) is 0.750. The lowest BCUT2D eigenvalue weighted by molar-refractivity contribution is 0.546. The maximum absolute atomic E-state index is 11.9. The molecule has 0 radical (unpaired) electrons. The normalized spacial score (nSPS) is 12.3. The third-order valence-corrected chi connectivity index (χ3v) is 4.31. The second-order valence-corrected chi connectivity index (χ2v) is 6.25. The standard InChI is InChI=1S/C8H16BrN5O2S/c1-6(2)10-4-5-11-17(15,16)8-7(9)12-13-14(8)3/h6,10-11H,4-5H2,1-3H3. The third kappa shape index (κ3) is 4.02. The van der Waals surface area contributed by atoms with E-state index in [0.717, 1.165) is 0 Å². The van der Waals surface area contributed by atoms with Crippen molar-refractivity contribution in [2.45, 2.75) is 24.9 Å². The van der Waals surface area contributed by atoms with Crippen molar-refractivity contribution in [1.29, 1.82) is 0 Å². The van der Waals surface area contributed by atoms with Crippen molar-refractivity contribution in [2.75, 3.05) is 13.1 Å². The smallest absolute Gasteiger partial charge is 0.260 e. The van der Waals surface area contributed by atoms with Crippen molar-refractivity contribution in [3.63, 3.8) is 0 Å². The van der Waals surface area contributed by atoms with Gasteiger partial charge in [0.05, 0.1) is 0 Å². The molecule has 0 aliphatic rings. The molecule has 0 atom stereocenters. The highest BCUT2D eigenvalue weighted by atomic mass is 79.9. The Morgan fingerprint density at radius 2 is 2.06 bits per heavy atom. The molecular formula is C8H16BrN5O2S. The van der Waals surface area contributed by atoms with Crippen LogP contribution in [0.1, 0.15) is 13.8 Å². The van der Waals surface area contributed by atoms with Crippen LogP contribution in [0.5, 0.6) is 0 Å². The minimum atomic E-state index is -3.58. The van der Waals surface area contributed by atoms with Gasteiger partial charge in [-0.1, -0.05) is 19.1 Å². The second-order valence-electron chi connectivity index (χ2n) is 3.82. The first-order chi connectivity index (χ1) is 7.84. The van der Waals surface area contributed by atoms with Gasteiger partial charge in [-0.3, -0.25) is 0 Å². The Bertz CT molecular complexity index is 451. The number of halogens is 1. The van der Waals surface area contributed by atoms with Gasteiger partial charge in [0.15, 0.2) is 4.60 Å². The maximum Gasteiger partial charge on any atom is 0.260 e. The lowest BCUT2D eigenvalue weighted by Crippen LogP contribution is -2.35. The molecule has 0 fully saturated rings. The molecule has 1 heterocycles. The molecule has 1 aromatic rings. The number of hydrogen-bond donors (Lipinski definition) is 2. The molecule has 0 amide bonds. The molecule has 0 spiro atoms. The highest BCUT2D eigenvalue weighted by Gasteiger charge is 2.23. The van der Waals surface area contributed by atoms with Crippen LogP contribution < -0.4 is 10.0 Å². The average Bonchev–Trinajstić information content (AvgIpc) is 2.53. The highest BCUT2D eigenvalue weighted by Crippen LogP contribution is 2.16. The zero-order valence-corrected chi connectivity index (χ0v) is 12.3. The zero-order chi connectivity index (χ0) is 13.1. The molecule has 98 valence electrons. The summed E-state index contributed by atoms with van der Waals surface area (Å²) < 4.78 is 27.7. The van der Waals surface area contributed by atoms with Crippen molar-refractivity contribution in [3.8, 4) is 0 Å². The van der Waals surface area contributed by atoms with Crippen LogP contribution in [-0.4, -0.2) is 42.5 Å². The van der Waals surface area contributed by atoms with Gasteiger partial charge in [0.25, 0.3) is 10.0 Å². The number of hydrogen-bond acceptors (Lipinski definition) is 5. The molecule has 2 N–H and O–H groups in total. The molecule has 0 saturated carbocycles. The van der Waals surface area contributed by atoms with Gasteiger partial charge < -0.3 is 5.32 Å². The summed E-state index contributed by atoms with van der Waals surface area (Å²) in [5.41, 5.74) is 0. The molecule has 0 aromatic carbocycles. The van der Waals surface area contributed by atoms with Crippen molar-refractivity contribution in [3.05, 3.63) is 4.60 Å². The van der Waals surface area contributed by atoms with Crippen LogP contribution in [0, 0.1) is 0 Å². The largest absolute Gasteiger partial charge is 0.313 e. The van der Waals surface area contributed by atoms with Crippen molar-refractivity contribution >= 4 is 26.0 Å². The first kappa shape index (κ1) is 14.6. The molecule has 17 heavy (non-hydrogen) atoms. The molecule has 1 aromatic heterocycles.